The van der Waals surface area contributed by atoms with Crippen molar-refractivity contribution in [2.75, 3.05) is 0 Å². The number of fused-ring (bicyclic) bond motifs is 1. The summed E-state index contributed by atoms with van der Waals surface area (Å²) in [6, 6.07) is 10.6. The third-order valence-electron chi connectivity index (χ3n) is 2.94. The fourth-order valence-corrected chi connectivity index (χ4v) is 2.71. The molecule has 3 rings (SSSR count). The Morgan fingerprint density at radius 2 is 2.10 bits per heavy atom. The highest BCUT2D eigenvalue weighted by Gasteiger charge is 2.11. The molecule has 106 valence electrons. The van der Waals surface area contributed by atoms with Crippen LogP contribution in [-0.2, 0) is 11.3 Å². The fourth-order valence-electron chi connectivity index (χ4n) is 1.95. The van der Waals surface area contributed by atoms with Crippen molar-refractivity contribution in [2.45, 2.75) is 13.5 Å². The average molecular weight is 300 g/mol. The SMILES string of the molecule is Cc1ccc(C(=O)OCc2nc3ccccc3c(=O)[nH]2)s1. The van der Waals surface area contributed by atoms with E-state index in [2.05, 4.69) is 9.97 Å². The molecule has 2 aromatic heterocycles. The standard InChI is InChI=1S/C15H12N2O3S/c1-9-6-7-12(21-9)15(19)20-8-13-16-11-5-3-2-4-10(11)14(18)17-13/h2-7H,8H2,1H3,(H,16,17,18). The Bertz CT molecular complexity index is 866. The molecule has 0 bridgehead atoms. The van der Waals surface area contributed by atoms with E-state index in [0.717, 1.165) is 4.88 Å². The molecule has 21 heavy (non-hydrogen) atoms. The highest BCUT2D eigenvalue weighted by atomic mass is 32.1. The van der Waals surface area contributed by atoms with Gasteiger partial charge in [0.25, 0.3) is 5.56 Å². The second kappa shape index (κ2) is 5.49. The molecule has 2 heterocycles. The predicted octanol–water partition coefficient (Wildman–Crippen LogP) is 2.65. The normalized spacial score (nSPS) is 10.7. The van der Waals surface area contributed by atoms with E-state index in [9.17, 15) is 9.59 Å². The van der Waals surface area contributed by atoms with E-state index in [1.807, 2.05) is 13.0 Å². The number of aromatic nitrogens is 2. The van der Waals surface area contributed by atoms with E-state index < -0.39 is 5.97 Å². The molecule has 0 aliphatic rings. The summed E-state index contributed by atoms with van der Waals surface area (Å²) in [4.78, 5) is 32.2. The average Bonchev–Trinajstić information content (AvgIpc) is 2.91. The predicted molar refractivity (Wildman–Crippen MR) is 80.5 cm³/mol. The molecule has 0 spiro atoms. The topological polar surface area (TPSA) is 72.0 Å². The van der Waals surface area contributed by atoms with Gasteiger partial charge in [-0.2, -0.15) is 0 Å². The number of aromatic amines is 1. The van der Waals surface area contributed by atoms with Crippen molar-refractivity contribution in [1.29, 1.82) is 0 Å². The third-order valence-corrected chi connectivity index (χ3v) is 3.92. The molecule has 5 nitrogen and oxygen atoms in total. The number of nitrogens with one attached hydrogen (secondary N) is 1. The van der Waals surface area contributed by atoms with Gasteiger partial charge in [0.2, 0.25) is 0 Å². The number of rotatable bonds is 3. The Hall–Kier alpha value is -2.47. The first kappa shape index (κ1) is 13.5. The van der Waals surface area contributed by atoms with Crippen LogP contribution in [0.25, 0.3) is 10.9 Å². The maximum absolute atomic E-state index is 11.9. The van der Waals surface area contributed by atoms with Gasteiger partial charge in [0.1, 0.15) is 17.3 Å². The highest BCUT2D eigenvalue weighted by Crippen LogP contribution is 2.16. The highest BCUT2D eigenvalue weighted by molar-refractivity contribution is 7.13. The number of hydrogen-bond donors (Lipinski definition) is 1. The molecular weight excluding hydrogens is 288 g/mol. The lowest BCUT2D eigenvalue weighted by atomic mass is 10.2. The summed E-state index contributed by atoms with van der Waals surface area (Å²) < 4.78 is 5.17. The summed E-state index contributed by atoms with van der Waals surface area (Å²) >= 11 is 1.37. The van der Waals surface area contributed by atoms with Crippen LogP contribution in [-0.4, -0.2) is 15.9 Å². The van der Waals surface area contributed by atoms with Crippen LogP contribution in [0.2, 0.25) is 0 Å². The zero-order valence-electron chi connectivity index (χ0n) is 11.3. The quantitative estimate of drug-likeness (QED) is 0.755. The molecule has 0 saturated heterocycles. The number of benzene rings is 1. The molecule has 3 aromatic rings. The zero-order chi connectivity index (χ0) is 14.8. The van der Waals surface area contributed by atoms with Crippen molar-refractivity contribution in [2.24, 2.45) is 0 Å². The second-order valence-corrected chi connectivity index (χ2v) is 5.80. The van der Waals surface area contributed by atoms with Crippen LogP contribution in [0.3, 0.4) is 0 Å². The largest absolute Gasteiger partial charge is 0.453 e. The van der Waals surface area contributed by atoms with E-state index >= 15 is 0 Å². The Labute approximate surface area is 124 Å². The number of thiophene rings is 1. The molecule has 0 unspecified atom stereocenters. The number of carbonyl (C=O) groups is 1. The monoisotopic (exact) mass is 300 g/mol. The van der Waals surface area contributed by atoms with E-state index in [1.165, 1.54) is 11.3 Å². The van der Waals surface area contributed by atoms with Crippen molar-refractivity contribution < 1.29 is 9.53 Å². The van der Waals surface area contributed by atoms with Crippen molar-refractivity contribution in [3.8, 4) is 0 Å². The van der Waals surface area contributed by atoms with Crippen molar-refractivity contribution in [1.82, 2.24) is 9.97 Å². The lowest BCUT2D eigenvalue weighted by Gasteiger charge is -2.04. The van der Waals surface area contributed by atoms with Gasteiger partial charge < -0.3 is 9.72 Å². The summed E-state index contributed by atoms with van der Waals surface area (Å²) in [5.41, 5.74) is 0.345. The fraction of sp³-hybridized carbons (Fsp3) is 0.133. The molecule has 0 amide bonds. The minimum atomic E-state index is -0.413. The maximum atomic E-state index is 11.9. The lowest BCUT2D eigenvalue weighted by Crippen LogP contribution is -2.14. The van der Waals surface area contributed by atoms with Crippen LogP contribution in [0, 0.1) is 6.92 Å². The van der Waals surface area contributed by atoms with Gasteiger partial charge in [0.05, 0.1) is 10.9 Å². The Morgan fingerprint density at radius 3 is 2.86 bits per heavy atom. The third kappa shape index (κ3) is 2.85. The molecule has 0 aliphatic heterocycles. The van der Waals surface area contributed by atoms with Crippen molar-refractivity contribution in [3.05, 3.63) is 62.3 Å². The summed E-state index contributed by atoms with van der Waals surface area (Å²) in [5, 5.41) is 0.515. The first-order chi connectivity index (χ1) is 10.1. The molecule has 0 fully saturated rings. The Balaban J connectivity index is 1.79. The van der Waals surface area contributed by atoms with E-state index in [1.54, 1.807) is 30.3 Å². The molecule has 0 saturated carbocycles. The minimum Gasteiger partial charge on any atom is -0.453 e. The van der Waals surface area contributed by atoms with Crippen molar-refractivity contribution in [3.63, 3.8) is 0 Å². The number of hydrogen-bond acceptors (Lipinski definition) is 5. The summed E-state index contributed by atoms with van der Waals surface area (Å²) in [6.07, 6.45) is 0. The summed E-state index contributed by atoms with van der Waals surface area (Å²) in [7, 11) is 0. The van der Waals surface area contributed by atoms with Gasteiger partial charge in [-0.25, -0.2) is 9.78 Å². The molecule has 0 radical (unpaired) electrons. The number of nitrogens with zero attached hydrogens (tertiary/aromatic N) is 1. The van der Waals surface area contributed by atoms with Gasteiger partial charge in [0.15, 0.2) is 0 Å². The maximum Gasteiger partial charge on any atom is 0.348 e. The number of esters is 1. The van der Waals surface area contributed by atoms with Gasteiger partial charge in [-0.1, -0.05) is 12.1 Å². The van der Waals surface area contributed by atoms with Crippen LogP contribution in [0.15, 0.2) is 41.2 Å². The number of carbonyl (C=O) groups excluding carboxylic acids is 1. The van der Waals surface area contributed by atoms with Gasteiger partial charge in [0, 0.05) is 4.88 Å². The molecule has 0 aliphatic carbocycles. The van der Waals surface area contributed by atoms with Gasteiger partial charge in [-0.15, -0.1) is 11.3 Å². The Kier molecular flexibility index (Phi) is 3.53. The molecule has 0 atom stereocenters. The first-order valence-electron chi connectivity index (χ1n) is 6.35. The van der Waals surface area contributed by atoms with Crippen LogP contribution in [0.1, 0.15) is 20.4 Å². The smallest absolute Gasteiger partial charge is 0.348 e. The number of H-pyrrole nitrogens is 1. The lowest BCUT2D eigenvalue weighted by molar-refractivity contribution is 0.0468. The van der Waals surface area contributed by atoms with Crippen LogP contribution >= 0.6 is 11.3 Å². The zero-order valence-corrected chi connectivity index (χ0v) is 12.1. The molecule has 1 aromatic carbocycles. The van der Waals surface area contributed by atoms with E-state index in [0.29, 0.717) is 21.6 Å². The summed E-state index contributed by atoms with van der Waals surface area (Å²) in [5.74, 6) is -0.0794. The molecule has 6 heteroatoms. The van der Waals surface area contributed by atoms with Gasteiger partial charge in [-0.05, 0) is 31.2 Å². The number of aryl methyl sites for hydroxylation is 1. The summed E-state index contributed by atoms with van der Waals surface area (Å²) in [6.45, 7) is 1.86. The van der Waals surface area contributed by atoms with Crippen LogP contribution in [0.5, 0.6) is 0 Å². The second-order valence-electron chi connectivity index (χ2n) is 4.52. The first-order valence-corrected chi connectivity index (χ1v) is 7.16. The molecular formula is C15H12N2O3S. The van der Waals surface area contributed by atoms with Crippen LogP contribution in [0.4, 0.5) is 0 Å². The Morgan fingerprint density at radius 1 is 1.29 bits per heavy atom. The number of para-hydroxylation sites is 1. The van der Waals surface area contributed by atoms with Gasteiger partial charge >= 0.3 is 5.97 Å². The number of ether oxygens (including phenoxy) is 1. The van der Waals surface area contributed by atoms with Gasteiger partial charge in [-0.3, -0.25) is 4.79 Å². The molecule has 1 N–H and O–H groups in total. The van der Waals surface area contributed by atoms with E-state index in [4.69, 9.17) is 4.74 Å². The van der Waals surface area contributed by atoms with Crippen molar-refractivity contribution >= 4 is 28.2 Å². The van der Waals surface area contributed by atoms with Crippen LogP contribution < -0.4 is 5.56 Å². The van der Waals surface area contributed by atoms with E-state index in [-0.39, 0.29) is 12.2 Å². The minimum absolute atomic E-state index is 0.0597.